The predicted molar refractivity (Wildman–Crippen MR) is 70.8 cm³/mol. The van der Waals surface area contributed by atoms with Gasteiger partial charge in [0.25, 0.3) is 0 Å². The van der Waals surface area contributed by atoms with Gasteiger partial charge in [-0.2, -0.15) is 0 Å². The fourth-order valence-electron chi connectivity index (χ4n) is 1.32. The molecular formula is C11H17NSSi. The van der Waals surface area contributed by atoms with Crippen molar-refractivity contribution in [2.75, 3.05) is 11.1 Å². The lowest BCUT2D eigenvalue weighted by atomic mass is 10.3. The molecule has 0 aromatic heterocycles. The Morgan fingerprint density at radius 2 is 1.79 bits per heavy atom. The summed E-state index contributed by atoms with van der Waals surface area (Å²) in [5.41, 5.74) is 2.96. The lowest BCUT2D eigenvalue weighted by molar-refractivity contribution is 1.21. The molecule has 14 heavy (non-hydrogen) atoms. The van der Waals surface area contributed by atoms with E-state index < -0.39 is 8.07 Å². The second kappa shape index (κ2) is 4.71. The number of anilines is 1. The fraction of sp³-hybridized carbons (Fsp3) is 0.364. The average molecular weight is 223 g/mol. The van der Waals surface area contributed by atoms with E-state index in [2.05, 4.69) is 36.7 Å². The van der Waals surface area contributed by atoms with Gasteiger partial charge < -0.3 is 4.90 Å². The van der Waals surface area contributed by atoms with Crippen LogP contribution in [0.1, 0.15) is 0 Å². The van der Waals surface area contributed by atoms with Gasteiger partial charge in [0.1, 0.15) is 0 Å². The summed E-state index contributed by atoms with van der Waals surface area (Å²) in [6.45, 7) is 7.05. The van der Waals surface area contributed by atoms with Crippen LogP contribution in [0.15, 0.2) is 30.3 Å². The first-order valence-corrected chi connectivity index (χ1v) is 8.98. The molecule has 0 N–H and O–H groups in total. The van der Waals surface area contributed by atoms with Crippen LogP contribution >= 0.6 is 12.2 Å². The van der Waals surface area contributed by atoms with Crippen LogP contribution in [0.25, 0.3) is 0 Å². The summed E-state index contributed by atoms with van der Waals surface area (Å²) in [5.74, 6) is 0. The number of benzene rings is 1. The van der Waals surface area contributed by atoms with Gasteiger partial charge in [0.2, 0.25) is 0 Å². The number of nitrogens with zero attached hydrogens (tertiary/aromatic N) is 1. The van der Waals surface area contributed by atoms with E-state index >= 15 is 0 Å². The van der Waals surface area contributed by atoms with Gasteiger partial charge in [-0.25, -0.2) is 0 Å². The molecule has 3 heteroatoms. The Balaban J connectivity index is 2.78. The Hall–Kier alpha value is -0.673. The standard InChI is InChI=1S/C11H17NSSi/c1-14(2,3)10-12(9-13)11-7-5-4-6-8-11/h4-9H,10H2,1-3H3. The molecule has 1 aromatic rings. The molecule has 0 amide bonds. The maximum Gasteiger partial charge on any atom is 0.0682 e. The van der Waals surface area contributed by atoms with Gasteiger partial charge in [-0.3, -0.25) is 0 Å². The van der Waals surface area contributed by atoms with Crippen LogP contribution in [0.2, 0.25) is 19.6 Å². The van der Waals surface area contributed by atoms with Crippen LogP contribution in [0.4, 0.5) is 5.69 Å². The van der Waals surface area contributed by atoms with Crippen molar-refractivity contribution in [3.8, 4) is 0 Å². The Labute approximate surface area is 92.8 Å². The van der Waals surface area contributed by atoms with Crippen molar-refractivity contribution in [3.63, 3.8) is 0 Å². The summed E-state index contributed by atoms with van der Waals surface area (Å²) < 4.78 is 0. The zero-order valence-corrected chi connectivity index (χ0v) is 10.8. The zero-order valence-electron chi connectivity index (χ0n) is 9.03. The van der Waals surface area contributed by atoms with Crippen LogP contribution in [-0.2, 0) is 0 Å². The molecule has 76 valence electrons. The second-order valence-corrected chi connectivity index (χ2v) is 10.3. The summed E-state index contributed by atoms with van der Waals surface area (Å²) >= 11 is 5.05. The van der Waals surface area contributed by atoms with Gasteiger partial charge in [0, 0.05) is 11.9 Å². The van der Waals surface area contributed by atoms with Crippen molar-refractivity contribution in [2.24, 2.45) is 0 Å². The van der Waals surface area contributed by atoms with E-state index in [4.69, 9.17) is 12.2 Å². The van der Waals surface area contributed by atoms with Crippen molar-refractivity contribution in [2.45, 2.75) is 19.6 Å². The van der Waals surface area contributed by atoms with E-state index in [9.17, 15) is 0 Å². The van der Waals surface area contributed by atoms with Gasteiger partial charge in [-0.05, 0) is 12.1 Å². The SMILES string of the molecule is C[Si](C)(C)CN(C=S)c1ccccc1. The molecule has 0 aliphatic carbocycles. The minimum absolute atomic E-state index is 1.08. The third-order valence-electron chi connectivity index (χ3n) is 1.86. The average Bonchev–Trinajstić information content (AvgIpc) is 2.14. The van der Waals surface area contributed by atoms with Gasteiger partial charge in [0.05, 0.1) is 13.6 Å². The van der Waals surface area contributed by atoms with Crippen LogP contribution in [-0.4, -0.2) is 19.7 Å². The van der Waals surface area contributed by atoms with Crippen LogP contribution in [0, 0.1) is 0 Å². The van der Waals surface area contributed by atoms with E-state index in [0.717, 1.165) is 6.17 Å². The Morgan fingerprint density at radius 1 is 1.21 bits per heavy atom. The molecule has 1 nitrogen and oxygen atoms in total. The smallest absolute Gasteiger partial charge is 0.0682 e. The quantitative estimate of drug-likeness (QED) is 0.569. The molecule has 0 spiro atoms. The van der Waals surface area contributed by atoms with Gasteiger partial charge in [-0.1, -0.05) is 50.1 Å². The van der Waals surface area contributed by atoms with Crippen molar-refractivity contribution < 1.29 is 0 Å². The summed E-state index contributed by atoms with van der Waals surface area (Å²) in [5, 5.41) is 0. The lowest BCUT2D eigenvalue weighted by Gasteiger charge is -2.26. The second-order valence-electron chi connectivity index (χ2n) is 4.63. The molecular weight excluding hydrogens is 206 g/mol. The summed E-state index contributed by atoms with van der Waals surface area (Å²) in [4.78, 5) is 2.17. The number of para-hydroxylation sites is 1. The highest BCUT2D eigenvalue weighted by atomic mass is 32.1. The maximum atomic E-state index is 5.05. The largest absolute Gasteiger partial charge is 0.342 e. The normalized spacial score (nSPS) is 11.1. The molecule has 0 atom stereocenters. The molecule has 0 fully saturated rings. The highest BCUT2D eigenvalue weighted by molar-refractivity contribution is 7.79. The van der Waals surface area contributed by atoms with Crippen molar-refractivity contribution in [1.82, 2.24) is 0 Å². The minimum Gasteiger partial charge on any atom is -0.342 e. The fourth-order valence-corrected chi connectivity index (χ4v) is 2.94. The monoisotopic (exact) mass is 223 g/mol. The number of thiocarbonyl (C=S) groups is 1. The molecule has 0 aliphatic heterocycles. The molecule has 0 bridgehead atoms. The lowest BCUT2D eigenvalue weighted by Crippen LogP contribution is -2.39. The molecule has 0 unspecified atom stereocenters. The Bertz CT molecular complexity index is 292. The topological polar surface area (TPSA) is 3.24 Å². The predicted octanol–water partition coefficient (Wildman–Crippen LogP) is 3.33. The molecule has 1 rings (SSSR count). The first-order chi connectivity index (χ1) is 6.53. The number of rotatable bonds is 4. The van der Waals surface area contributed by atoms with Gasteiger partial charge in [-0.15, -0.1) is 0 Å². The first-order valence-electron chi connectivity index (χ1n) is 4.80. The Kier molecular flexibility index (Phi) is 3.83. The third kappa shape index (κ3) is 3.60. The van der Waals surface area contributed by atoms with Crippen molar-refractivity contribution in [3.05, 3.63) is 30.3 Å². The van der Waals surface area contributed by atoms with E-state index in [0.29, 0.717) is 0 Å². The van der Waals surface area contributed by atoms with Gasteiger partial charge >= 0.3 is 0 Å². The first kappa shape index (κ1) is 11.4. The maximum absolute atomic E-state index is 5.05. The van der Waals surface area contributed by atoms with E-state index in [1.54, 1.807) is 5.49 Å². The van der Waals surface area contributed by atoms with Crippen LogP contribution in [0.5, 0.6) is 0 Å². The molecule has 0 aliphatic rings. The van der Waals surface area contributed by atoms with Crippen molar-refractivity contribution in [1.29, 1.82) is 0 Å². The molecule has 0 heterocycles. The van der Waals surface area contributed by atoms with Crippen molar-refractivity contribution >= 4 is 31.5 Å². The van der Waals surface area contributed by atoms with E-state index in [1.165, 1.54) is 5.69 Å². The van der Waals surface area contributed by atoms with Gasteiger partial charge in [0.15, 0.2) is 0 Å². The van der Waals surface area contributed by atoms with Crippen LogP contribution < -0.4 is 4.90 Å². The van der Waals surface area contributed by atoms with E-state index in [-0.39, 0.29) is 0 Å². The molecule has 1 aromatic carbocycles. The zero-order chi connectivity index (χ0) is 10.6. The Morgan fingerprint density at radius 3 is 2.21 bits per heavy atom. The molecule has 0 radical (unpaired) electrons. The van der Waals surface area contributed by atoms with Crippen LogP contribution in [0.3, 0.4) is 0 Å². The highest BCUT2D eigenvalue weighted by Gasteiger charge is 2.17. The third-order valence-corrected chi connectivity index (χ3v) is 3.40. The number of hydrogen-bond donors (Lipinski definition) is 0. The highest BCUT2D eigenvalue weighted by Crippen LogP contribution is 2.14. The minimum atomic E-state index is -1.10. The molecule has 0 saturated heterocycles. The summed E-state index contributed by atoms with van der Waals surface area (Å²) in [7, 11) is -1.10. The number of hydrogen-bond acceptors (Lipinski definition) is 1. The summed E-state index contributed by atoms with van der Waals surface area (Å²) in [6, 6.07) is 10.3. The summed E-state index contributed by atoms with van der Waals surface area (Å²) in [6.07, 6.45) is 1.08. The van der Waals surface area contributed by atoms with E-state index in [1.807, 2.05) is 18.2 Å². The molecule has 0 saturated carbocycles.